The molecule has 2 aromatic heterocycles. The molecule has 0 aromatic carbocycles. The fourth-order valence-corrected chi connectivity index (χ4v) is 1.64. The molecule has 0 saturated heterocycles. The van der Waals surface area contributed by atoms with Gasteiger partial charge in [0, 0.05) is 17.2 Å². The van der Waals surface area contributed by atoms with Crippen LogP contribution in [-0.4, -0.2) is 30.8 Å². The van der Waals surface area contributed by atoms with Gasteiger partial charge in [-0.3, -0.25) is 9.89 Å². The first kappa shape index (κ1) is 14.7. The van der Waals surface area contributed by atoms with Gasteiger partial charge in [0.2, 0.25) is 5.91 Å². The van der Waals surface area contributed by atoms with E-state index in [4.69, 9.17) is 0 Å². The van der Waals surface area contributed by atoms with Crippen molar-refractivity contribution in [2.75, 3.05) is 5.32 Å². The molecule has 2 aromatic rings. The van der Waals surface area contributed by atoms with E-state index in [1.165, 1.54) is 16.9 Å². The van der Waals surface area contributed by atoms with E-state index in [2.05, 4.69) is 20.6 Å². The van der Waals surface area contributed by atoms with Gasteiger partial charge >= 0.3 is 5.82 Å². The molecule has 0 atom stereocenters. The summed E-state index contributed by atoms with van der Waals surface area (Å²) in [6.45, 7) is 5.95. The summed E-state index contributed by atoms with van der Waals surface area (Å²) in [4.78, 5) is 21.7. The Hall–Kier alpha value is -2.71. The van der Waals surface area contributed by atoms with Crippen molar-refractivity contribution in [3.63, 3.8) is 0 Å². The molecule has 0 saturated carbocycles. The van der Waals surface area contributed by atoms with Gasteiger partial charge in [-0.15, -0.1) is 0 Å². The third kappa shape index (κ3) is 3.65. The highest BCUT2D eigenvalue weighted by Gasteiger charge is 2.18. The molecule has 21 heavy (non-hydrogen) atoms. The lowest BCUT2D eigenvalue weighted by Gasteiger charge is -2.14. The molecule has 1 amide bonds. The topological polar surface area (TPSA) is 119 Å². The van der Waals surface area contributed by atoms with Crippen LogP contribution >= 0.6 is 0 Å². The van der Waals surface area contributed by atoms with Crippen LogP contribution in [0.25, 0.3) is 0 Å². The molecule has 0 unspecified atom stereocenters. The number of anilines is 1. The van der Waals surface area contributed by atoms with Gasteiger partial charge in [-0.1, -0.05) is 20.8 Å². The van der Waals surface area contributed by atoms with Crippen molar-refractivity contribution >= 4 is 17.5 Å². The summed E-state index contributed by atoms with van der Waals surface area (Å²) in [6, 6.07) is 2.99. The van der Waals surface area contributed by atoms with E-state index in [1.807, 2.05) is 20.8 Å². The molecule has 0 aliphatic heterocycles. The number of nitrogens with zero attached hydrogens (tertiary/aromatic N) is 4. The SMILES string of the molecule is CC(C)(C)c1cc(NC(=O)Cn2ccc([N+](=O)[O-])n2)n[nH]1. The molecule has 0 spiro atoms. The maximum Gasteiger partial charge on any atom is 0.389 e. The van der Waals surface area contributed by atoms with Crippen LogP contribution in [0, 0.1) is 10.1 Å². The van der Waals surface area contributed by atoms with Crippen molar-refractivity contribution in [3.8, 4) is 0 Å². The van der Waals surface area contributed by atoms with Gasteiger partial charge in [-0.2, -0.15) is 9.78 Å². The average Bonchev–Trinajstić information content (AvgIpc) is 2.97. The van der Waals surface area contributed by atoms with Crippen LogP contribution < -0.4 is 5.32 Å². The Morgan fingerprint density at radius 3 is 2.76 bits per heavy atom. The largest absolute Gasteiger partial charge is 0.389 e. The van der Waals surface area contributed by atoms with Crippen LogP contribution in [0.4, 0.5) is 11.6 Å². The highest BCUT2D eigenvalue weighted by molar-refractivity contribution is 5.89. The molecule has 0 aliphatic rings. The number of carbonyl (C=O) groups is 1. The lowest BCUT2D eigenvalue weighted by atomic mass is 9.92. The minimum atomic E-state index is -0.613. The first-order valence-corrected chi connectivity index (χ1v) is 6.29. The number of nitrogens with one attached hydrogen (secondary N) is 2. The predicted molar refractivity (Wildman–Crippen MR) is 74.8 cm³/mol. The average molecular weight is 292 g/mol. The Bertz CT molecular complexity index is 667. The van der Waals surface area contributed by atoms with E-state index >= 15 is 0 Å². The van der Waals surface area contributed by atoms with E-state index in [0.29, 0.717) is 5.82 Å². The van der Waals surface area contributed by atoms with Gasteiger partial charge < -0.3 is 15.4 Å². The summed E-state index contributed by atoms with van der Waals surface area (Å²) >= 11 is 0. The predicted octanol–water partition coefficient (Wildman–Crippen LogP) is 1.45. The first-order valence-electron chi connectivity index (χ1n) is 6.29. The zero-order chi connectivity index (χ0) is 15.6. The van der Waals surface area contributed by atoms with Crippen LogP contribution in [0.3, 0.4) is 0 Å². The molecule has 2 heterocycles. The van der Waals surface area contributed by atoms with Gasteiger partial charge in [0.05, 0.1) is 17.4 Å². The standard InChI is InChI=1S/C12H16N6O3/c1-12(2,3)8-6-9(15-14-8)13-11(19)7-17-5-4-10(16-17)18(20)21/h4-6H,7H2,1-3H3,(H2,13,14,15,19). The summed E-state index contributed by atoms with van der Waals surface area (Å²) in [5.74, 6) is -0.246. The minimum absolute atomic E-state index is 0.0986. The van der Waals surface area contributed by atoms with Crippen molar-refractivity contribution in [2.45, 2.75) is 32.7 Å². The molecule has 9 heteroatoms. The maximum atomic E-state index is 11.8. The Morgan fingerprint density at radius 2 is 2.24 bits per heavy atom. The van der Waals surface area contributed by atoms with Crippen molar-refractivity contribution < 1.29 is 9.72 Å². The number of nitro groups is 1. The summed E-state index contributed by atoms with van der Waals surface area (Å²) < 4.78 is 1.20. The van der Waals surface area contributed by atoms with Crippen LogP contribution in [0.15, 0.2) is 18.3 Å². The summed E-state index contributed by atoms with van der Waals surface area (Å²) in [7, 11) is 0. The second kappa shape index (κ2) is 5.35. The molecular formula is C12H16N6O3. The highest BCUT2D eigenvalue weighted by atomic mass is 16.6. The fraction of sp³-hybridized carbons (Fsp3) is 0.417. The Kier molecular flexibility index (Phi) is 3.74. The van der Waals surface area contributed by atoms with Crippen molar-refractivity contribution in [3.05, 3.63) is 34.1 Å². The van der Waals surface area contributed by atoms with Crippen LogP contribution in [0.5, 0.6) is 0 Å². The number of rotatable bonds is 4. The normalized spacial score (nSPS) is 11.4. The lowest BCUT2D eigenvalue weighted by Crippen LogP contribution is -2.19. The molecule has 0 radical (unpaired) electrons. The van der Waals surface area contributed by atoms with Gasteiger partial charge in [-0.25, -0.2) is 0 Å². The second-order valence-corrected chi connectivity index (χ2v) is 5.59. The number of hydrogen-bond donors (Lipinski definition) is 2. The molecule has 0 aliphatic carbocycles. The van der Waals surface area contributed by atoms with Crippen molar-refractivity contribution in [1.82, 2.24) is 20.0 Å². The second-order valence-electron chi connectivity index (χ2n) is 5.59. The number of amides is 1. The Labute approximate surface area is 120 Å². The number of aromatic nitrogens is 4. The van der Waals surface area contributed by atoms with E-state index in [0.717, 1.165) is 5.69 Å². The quantitative estimate of drug-likeness (QED) is 0.653. The third-order valence-electron chi connectivity index (χ3n) is 2.77. The smallest absolute Gasteiger partial charge is 0.358 e. The molecule has 2 N–H and O–H groups in total. The van der Waals surface area contributed by atoms with Crippen LogP contribution in [0.1, 0.15) is 26.5 Å². The highest BCUT2D eigenvalue weighted by Crippen LogP contribution is 2.21. The first-order chi connectivity index (χ1) is 9.75. The Morgan fingerprint density at radius 1 is 1.52 bits per heavy atom. The van der Waals surface area contributed by atoms with Crippen molar-refractivity contribution in [1.29, 1.82) is 0 Å². The van der Waals surface area contributed by atoms with Gasteiger partial charge in [0.25, 0.3) is 0 Å². The molecule has 9 nitrogen and oxygen atoms in total. The number of aromatic amines is 1. The number of H-pyrrole nitrogens is 1. The van der Waals surface area contributed by atoms with Gasteiger partial charge in [0.1, 0.15) is 6.54 Å². The van der Waals surface area contributed by atoms with Crippen LogP contribution in [-0.2, 0) is 16.8 Å². The van der Waals surface area contributed by atoms with E-state index in [-0.39, 0.29) is 23.7 Å². The van der Waals surface area contributed by atoms with Crippen LogP contribution in [0.2, 0.25) is 0 Å². The van der Waals surface area contributed by atoms with E-state index in [1.54, 1.807) is 6.07 Å². The molecule has 112 valence electrons. The number of carbonyl (C=O) groups excluding carboxylic acids is 1. The van der Waals surface area contributed by atoms with Gasteiger partial charge in [-0.05, 0) is 4.92 Å². The molecule has 0 bridgehead atoms. The monoisotopic (exact) mass is 292 g/mol. The van der Waals surface area contributed by atoms with Gasteiger partial charge in [0.15, 0.2) is 5.82 Å². The lowest BCUT2D eigenvalue weighted by molar-refractivity contribution is -0.389. The zero-order valence-corrected chi connectivity index (χ0v) is 12.0. The molecule has 0 fully saturated rings. The van der Waals surface area contributed by atoms with Crippen molar-refractivity contribution in [2.24, 2.45) is 0 Å². The summed E-state index contributed by atoms with van der Waals surface area (Å²) in [6.07, 6.45) is 1.38. The zero-order valence-electron chi connectivity index (χ0n) is 12.0. The maximum absolute atomic E-state index is 11.8. The van der Waals surface area contributed by atoms with E-state index < -0.39 is 4.92 Å². The molecule has 2 rings (SSSR count). The fourth-order valence-electron chi connectivity index (χ4n) is 1.64. The summed E-state index contributed by atoms with van der Waals surface area (Å²) in [5.41, 5.74) is 0.797. The number of hydrogen-bond acceptors (Lipinski definition) is 5. The van der Waals surface area contributed by atoms with E-state index in [9.17, 15) is 14.9 Å². The Balaban J connectivity index is 1.98. The molecular weight excluding hydrogens is 276 g/mol. The minimum Gasteiger partial charge on any atom is -0.358 e. The third-order valence-corrected chi connectivity index (χ3v) is 2.77. The summed E-state index contributed by atoms with van der Waals surface area (Å²) in [5, 5.41) is 23.6.